The van der Waals surface area contributed by atoms with Crippen molar-refractivity contribution in [2.75, 3.05) is 7.11 Å². The van der Waals surface area contributed by atoms with E-state index in [0.717, 1.165) is 71.9 Å². The predicted molar refractivity (Wildman–Crippen MR) is 257 cm³/mol. The van der Waals surface area contributed by atoms with Crippen molar-refractivity contribution in [3.05, 3.63) is 203 Å². The highest BCUT2D eigenvalue weighted by Crippen LogP contribution is 2.38. The molecule has 0 aliphatic rings. The SMILES string of the molecule is COc1c(/C=C/c2ccc(-n3c4ccccc4c4ccccc43)cc2)cc(-c2ccc(/C=C(/C#N)C(=O)O)s2)cc1/C=C/c1ccc(-n2c3ccccc3c3ccccc32)cc1. The van der Waals surface area contributed by atoms with Gasteiger partial charge in [0.05, 0.1) is 29.2 Å². The van der Waals surface area contributed by atoms with E-state index < -0.39 is 5.97 Å². The van der Waals surface area contributed by atoms with Crippen molar-refractivity contribution in [3.63, 3.8) is 0 Å². The molecule has 10 aromatic rings. The third-order valence-corrected chi connectivity index (χ3v) is 12.4. The van der Waals surface area contributed by atoms with E-state index in [0.29, 0.717) is 4.88 Å². The third-order valence-electron chi connectivity index (χ3n) is 11.3. The molecule has 7 aromatic carbocycles. The maximum Gasteiger partial charge on any atom is 0.346 e. The first kappa shape index (κ1) is 38.0. The number of carboxylic acid groups (broad SMARTS) is 1. The molecule has 7 heteroatoms. The van der Waals surface area contributed by atoms with Gasteiger partial charge in [0.25, 0.3) is 0 Å². The molecule has 0 radical (unpaired) electrons. The fourth-order valence-electron chi connectivity index (χ4n) is 8.41. The maximum absolute atomic E-state index is 11.6. The number of methoxy groups -OCH3 is 1. The van der Waals surface area contributed by atoms with Crippen LogP contribution in [0.3, 0.4) is 0 Å². The summed E-state index contributed by atoms with van der Waals surface area (Å²) in [6.07, 6.45) is 9.73. The Morgan fingerprint density at radius 3 is 1.39 bits per heavy atom. The molecular weight excluding hydrogens is 783 g/mol. The van der Waals surface area contributed by atoms with E-state index in [1.54, 1.807) is 13.2 Å². The molecule has 0 amide bonds. The third kappa shape index (κ3) is 6.94. The molecule has 0 saturated heterocycles. The largest absolute Gasteiger partial charge is 0.496 e. The molecule has 0 aliphatic heterocycles. The molecule has 62 heavy (non-hydrogen) atoms. The van der Waals surface area contributed by atoms with Gasteiger partial charge in [-0.25, -0.2) is 4.79 Å². The summed E-state index contributed by atoms with van der Waals surface area (Å²) < 4.78 is 10.7. The Bertz CT molecular complexity index is 3190. The Morgan fingerprint density at radius 1 is 0.581 bits per heavy atom. The number of ether oxygens (including phenoxy) is 1. The van der Waals surface area contributed by atoms with Crippen LogP contribution in [0.2, 0.25) is 0 Å². The fourth-order valence-corrected chi connectivity index (χ4v) is 9.35. The van der Waals surface area contributed by atoms with Gasteiger partial charge in [0.15, 0.2) is 0 Å². The lowest BCUT2D eigenvalue weighted by molar-refractivity contribution is -0.132. The summed E-state index contributed by atoms with van der Waals surface area (Å²) in [6.45, 7) is 0. The lowest BCUT2D eigenvalue weighted by Crippen LogP contribution is -1.96. The second-order valence-electron chi connectivity index (χ2n) is 15.0. The van der Waals surface area contributed by atoms with Gasteiger partial charge in [-0.15, -0.1) is 11.3 Å². The van der Waals surface area contributed by atoms with Gasteiger partial charge in [-0.2, -0.15) is 5.26 Å². The van der Waals surface area contributed by atoms with Crippen LogP contribution in [-0.2, 0) is 4.79 Å². The quantitative estimate of drug-likeness (QED) is 0.0846. The molecule has 0 unspecified atom stereocenters. The summed E-state index contributed by atoms with van der Waals surface area (Å²) in [5.41, 5.74) is 11.3. The van der Waals surface area contributed by atoms with Crippen LogP contribution in [0.5, 0.6) is 5.75 Å². The van der Waals surface area contributed by atoms with Gasteiger partial charge in [-0.1, -0.05) is 121 Å². The van der Waals surface area contributed by atoms with E-state index in [-0.39, 0.29) is 5.57 Å². The zero-order valence-corrected chi connectivity index (χ0v) is 34.4. The minimum atomic E-state index is -1.25. The number of aliphatic carboxylic acids is 1. The van der Waals surface area contributed by atoms with Crippen LogP contribution in [0.25, 0.3) is 95.8 Å². The summed E-state index contributed by atoms with van der Waals surface area (Å²) in [5, 5.41) is 23.8. The lowest BCUT2D eigenvalue weighted by atomic mass is 10.0. The molecule has 3 aromatic heterocycles. The highest BCUT2D eigenvalue weighted by Gasteiger charge is 2.15. The number of rotatable bonds is 10. The minimum Gasteiger partial charge on any atom is -0.496 e. The average molecular weight is 820 g/mol. The summed E-state index contributed by atoms with van der Waals surface area (Å²) >= 11 is 1.43. The molecule has 296 valence electrons. The van der Waals surface area contributed by atoms with E-state index in [9.17, 15) is 15.2 Å². The highest BCUT2D eigenvalue weighted by molar-refractivity contribution is 7.16. The number of hydrogen-bond acceptors (Lipinski definition) is 4. The summed E-state index contributed by atoms with van der Waals surface area (Å²) in [5.74, 6) is -0.530. The highest BCUT2D eigenvalue weighted by atomic mass is 32.1. The number of carboxylic acids is 1. The zero-order valence-electron chi connectivity index (χ0n) is 33.6. The molecular formula is C55H37N3O3S. The van der Waals surface area contributed by atoms with Gasteiger partial charge >= 0.3 is 5.97 Å². The number of hydrogen-bond donors (Lipinski definition) is 1. The van der Waals surface area contributed by atoms with E-state index in [4.69, 9.17) is 4.74 Å². The molecule has 3 heterocycles. The summed E-state index contributed by atoms with van der Waals surface area (Å²) in [6, 6.07) is 60.9. The Hall–Kier alpha value is -8.18. The first-order chi connectivity index (χ1) is 30.5. The van der Waals surface area contributed by atoms with Gasteiger partial charge in [0.2, 0.25) is 0 Å². The van der Waals surface area contributed by atoms with Gasteiger partial charge in [0.1, 0.15) is 17.4 Å². The topological polar surface area (TPSA) is 80.2 Å². The van der Waals surface area contributed by atoms with Crippen LogP contribution < -0.4 is 4.74 Å². The van der Waals surface area contributed by atoms with Gasteiger partial charge in [-0.05, 0) is 95.6 Å². The van der Waals surface area contributed by atoms with E-state index in [1.807, 2.05) is 12.1 Å². The smallest absolute Gasteiger partial charge is 0.346 e. The molecule has 0 atom stereocenters. The first-order valence-corrected chi connectivity index (χ1v) is 21.0. The number of fused-ring (bicyclic) bond motifs is 6. The van der Waals surface area contributed by atoms with Crippen LogP contribution in [0.1, 0.15) is 27.1 Å². The molecule has 0 bridgehead atoms. The van der Waals surface area contributed by atoms with Crippen molar-refractivity contribution in [2.24, 2.45) is 0 Å². The number of nitrogens with zero attached hydrogens (tertiary/aromatic N) is 3. The summed E-state index contributed by atoms with van der Waals surface area (Å²) in [7, 11) is 1.69. The molecule has 6 nitrogen and oxygen atoms in total. The van der Waals surface area contributed by atoms with E-state index >= 15 is 0 Å². The minimum absolute atomic E-state index is 0.311. The van der Waals surface area contributed by atoms with Crippen LogP contribution in [0.4, 0.5) is 0 Å². The number of nitriles is 1. The number of aromatic nitrogens is 2. The number of para-hydroxylation sites is 4. The standard InChI is InChI=1S/C55H37N3O3S/c1-61-54-38(24-18-36-20-26-42(27-21-36)57-49-14-6-2-10-45(49)46-11-3-7-15-50(46)57)32-40(53-31-30-44(62-53)34-41(35-56)55(59)60)33-39(54)25-19-37-22-28-43(29-23-37)58-51-16-8-4-12-47(51)48-13-5-9-17-52(48)58/h2-34H,1H3,(H,59,60)/b24-18+,25-19+,41-34-. The first-order valence-electron chi connectivity index (χ1n) is 20.2. The molecule has 10 rings (SSSR count). The van der Waals surface area contributed by atoms with Crippen molar-refractivity contribution in [1.29, 1.82) is 5.26 Å². The lowest BCUT2D eigenvalue weighted by Gasteiger charge is -2.12. The molecule has 0 fully saturated rings. The van der Waals surface area contributed by atoms with E-state index in [1.165, 1.54) is 39.0 Å². The van der Waals surface area contributed by atoms with Crippen molar-refractivity contribution >= 4 is 91.3 Å². The molecule has 1 N–H and O–H groups in total. The fraction of sp³-hybridized carbons (Fsp3) is 0.0182. The number of carbonyl (C=O) groups is 1. The maximum atomic E-state index is 11.6. The second-order valence-corrected chi connectivity index (χ2v) is 16.1. The van der Waals surface area contributed by atoms with Crippen molar-refractivity contribution in [3.8, 4) is 33.6 Å². The summed E-state index contributed by atoms with van der Waals surface area (Å²) in [4.78, 5) is 13.2. The normalized spacial score (nSPS) is 12.0. The molecule has 0 saturated carbocycles. The molecule has 0 spiro atoms. The van der Waals surface area contributed by atoms with Crippen LogP contribution in [0.15, 0.2) is 175 Å². The van der Waals surface area contributed by atoms with Gasteiger partial charge < -0.3 is 19.0 Å². The van der Waals surface area contributed by atoms with E-state index in [2.05, 4.69) is 191 Å². The Labute approximate surface area is 362 Å². The van der Waals surface area contributed by atoms with Gasteiger partial charge in [0, 0.05) is 53.8 Å². The van der Waals surface area contributed by atoms with Gasteiger partial charge in [-0.3, -0.25) is 0 Å². The average Bonchev–Trinajstić information content (AvgIpc) is 4.02. The Kier molecular flexibility index (Phi) is 9.89. The molecule has 0 aliphatic carbocycles. The van der Waals surface area contributed by atoms with Crippen molar-refractivity contribution in [2.45, 2.75) is 0 Å². The number of benzene rings is 7. The van der Waals surface area contributed by atoms with Crippen molar-refractivity contribution < 1.29 is 14.6 Å². The van der Waals surface area contributed by atoms with Crippen LogP contribution in [0, 0.1) is 11.3 Å². The monoisotopic (exact) mass is 819 g/mol. The predicted octanol–water partition coefficient (Wildman–Crippen LogP) is 14.0. The number of thiophene rings is 1. The van der Waals surface area contributed by atoms with Crippen LogP contribution in [-0.4, -0.2) is 27.3 Å². The zero-order chi connectivity index (χ0) is 42.2. The van der Waals surface area contributed by atoms with Crippen molar-refractivity contribution in [1.82, 2.24) is 9.13 Å². The Morgan fingerprint density at radius 2 is 1.00 bits per heavy atom. The second kappa shape index (κ2) is 16.1. The Balaban J connectivity index is 1.01. The van der Waals surface area contributed by atoms with Crippen LogP contribution >= 0.6 is 11.3 Å².